The van der Waals surface area contributed by atoms with Crippen LogP contribution < -0.4 is 0 Å². The molecule has 0 aliphatic rings. The molecule has 0 fully saturated rings. The van der Waals surface area contributed by atoms with Crippen LogP contribution in [0.1, 0.15) is 10.4 Å². The predicted octanol–water partition coefficient (Wildman–Crippen LogP) is 3.28. The van der Waals surface area contributed by atoms with Crippen molar-refractivity contribution in [3.05, 3.63) is 32.2 Å². The van der Waals surface area contributed by atoms with E-state index in [1.54, 1.807) is 0 Å². The third-order valence-electron chi connectivity index (χ3n) is 1.51. The van der Waals surface area contributed by atoms with E-state index in [-0.39, 0.29) is 14.5 Å². The molecule has 0 N–H and O–H groups in total. The number of carbonyl (C=O) groups excluding carboxylic acids is 1. The molecule has 0 aliphatic heterocycles. The fourth-order valence-electron chi connectivity index (χ4n) is 0.831. The van der Waals surface area contributed by atoms with Crippen LogP contribution >= 0.6 is 31.9 Å². The lowest BCUT2D eigenvalue weighted by Gasteiger charge is -2.05. The normalized spacial score (nSPS) is 10.1. The Kier molecular flexibility index (Phi) is 3.60. The van der Waals surface area contributed by atoms with Gasteiger partial charge in [-0.15, -0.1) is 0 Å². The SMILES string of the molecule is COC(=O)c1cc(F)c(F)c(Br)c1Br. The summed E-state index contributed by atoms with van der Waals surface area (Å²) in [5.74, 6) is -2.90. The summed E-state index contributed by atoms with van der Waals surface area (Å²) in [5.41, 5.74) is -0.0710. The van der Waals surface area contributed by atoms with Crippen molar-refractivity contribution >= 4 is 37.8 Å². The van der Waals surface area contributed by atoms with Gasteiger partial charge in [-0.3, -0.25) is 0 Å². The Bertz CT molecular complexity index is 393. The molecular formula is C8H4Br2F2O2. The van der Waals surface area contributed by atoms with E-state index in [1.807, 2.05) is 0 Å². The van der Waals surface area contributed by atoms with Crippen LogP contribution in [0, 0.1) is 11.6 Å². The van der Waals surface area contributed by atoms with Gasteiger partial charge in [-0.05, 0) is 37.9 Å². The van der Waals surface area contributed by atoms with Crippen molar-refractivity contribution in [1.82, 2.24) is 0 Å². The Morgan fingerprint density at radius 2 is 1.93 bits per heavy atom. The van der Waals surface area contributed by atoms with E-state index in [1.165, 1.54) is 0 Å². The van der Waals surface area contributed by atoms with Crippen LogP contribution in [0.2, 0.25) is 0 Å². The monoisotopic (exact) mass is 328 g/mol. The number of carbonyl (C=O) groups is 1. The molecule has 6 heteroatoms. The first-order valence-corrected chi connectivity index (χ1v) is 4.99. The Labute approximate surface area is 95.5 Å². The van der Waals surface area contributed by atoms with Crippen molar-refractivity contribution in [3.8, 4) is 0 Å². The molecule has 1 aromatic rings. The van der Waals surface area contributed by atoms with Crippen molar-refractivity contribution in [1.29, 1.82) is 0 Å². The Morgan fingerprint density at radius 3 is 2.43 bits per heavy atom. The summed E-state index contributed by atoms with van der Waals surface area (Å²) in [5, 5.41) is 0. The maximum atomic E-state index is 12.9. The largest absolute Gasteiger partial charge is 0.465 e. The van der Waals surface area contributed by atoms with Crippen molar-refractivity contribution in [2.75, 3.05) is 7.11 Å². The second-order valence-corrected chi connectivity index (χ2v) is 3.93. The summed E-state index contributed by atoms with van der Waals surface area (Å²) >= 11 is 5.76. The van der Waals surface area contributed by atoms with Gasteiger partial charge in [0.25, 0.3) is 0 Å². The quantitative estimate of drug-likeness (QED) is 0.449. The number of rotatable bonds is 1. The van der Waals surface area contributed by atoms with Crippen LogP contribution in [0.5, 0.6) is 0 Å². The minimum absolute atomic E-state index is 0.0710. The highest BCUT2D eigenvalue weighted by Gasteiger charge is 2.19. The maximum Gasteiger partial charge on any atom is 0.339 e. The van der Waals surface area contributed by atoms with Gasteiger partial charge < -0.3 is 4.74 Å². The van der Waals surface area contributed by atoms with Crippen LogP contribution in [-0.4, -0.2) is 13.1 Å². The van der Waals surface area contributed by atoms with Gasteiger partial charge in [0, 0.05) is 4.47 Å². The fraction of sp³-hybridized carbons (Fsp3) is 0.125. The molecular weight excluding hydrogens is 326 g/mol. The number of ether oxygens (including phenoxy) is 1. The van der Waals surface area contributed by atoms with Gasteiger partial charge in [-0.1, -0.05) is 0 Å². The topological polar surface area (TPSA) is 26.3 Å². The molecule has 0 radical (unpaired) electrons. The Balaban J connectivity index is 3.40. The average Bonchev–Trinajstić information content (AvgIpc) is 2.19. The average molecular weight is 330 g/mol. The Morgan fingerprint density at radius 1 is 1.36 bits per heavy atom. The highest BCUT2D eigenvalue weighted by Crippen LogP contribution is 2.31. The van der Waals surface area contributed by atoms with Crippen molar-refractivity contribution in [2.24, 2.45) is 0 Å². The van der Waals surface area contributed by atoms with E-state index in [0.29, 0.717) is 0 Å². The molecule has 0 atom stereocenters. The lowest BCUT2D eigenvalue weighted by atomic mass is 10.2. The maximum absolute atomic E-state index is 12.9. The summed E-state index contributed by atoms with van der Waals surface area (Å²) in [4.78, 5) is 11.1. The van der Waals surface area contributed by atoms with Crippen LogP contribution in [0.3, 0.4) is 0 Å². The molecule has 0 unspecified atom stereocenters. The van der Waals surface area contributed by atoms with E-state index in [4.69, 9.17) is 0 Å². The zero-order valence-electron chi connectivity index (χ0n) is 6.91. The van der Waals surface area contributed by atoms with Crippen LogP contribution in [0.25, 0.3) is 0 Å². The molecule has 0 heterocycles. The lowest BCUT2D eigenvalue weighted by molar-refractivity contribution is 0.0599. The summed E-state index contributed by atoms with van der Waals surface area (Å²) in [6.45, 7) is 0. The van der Waals surface area contributed by atoms with Crippen LogP contribution in [0.4, 0.5) is 8.78 Å². The number of hydrogen-bond acceptors (Lipinski definition) is 2. The van der Waals surface area contributed by atoms with E-state index in [9.17, 15) is 13.6 Å². The standard InChI is InChI=1S/C8H4Br2F2O2/c1-14-8(13)3-2-4(11)7(12)6(10)5(3)9/h2H,1H3. The molecule has 0 bridgehead atoms. The molecule has 0 spiro atoms. The van der Waals surface area contributed by atoms with Crippen molar-refractivity contribution in [3.63, 3.8) is 0 Å². The highest BCUT2D eigenvalue weighted by atomic mass is 79.9. The number of methoxy groups -OCH3 is 1. The Hall–Kier alpha value is -0.490. The van der Waals surface area contributed by atoms with Gasteiger partial charge in [0.05, 0.1) is 17.1 Å². The minimum atomic E-state index is -1.11. The molecule has 0 amide bonds. The van der Waals surface area contributed by atoms with Gasteiger partial charge in [-0.2, -0.15) is 0 Å². The van der Waals surface area contributed by atoms with E-state index < -0.39 is 17.6 Å². The molecule has 2 nitrogen and oxygen atoms in total. The molecule has 0 saturated heterocycles. The molecule has 1 rings (SSSR count). The molecule has 0 aliphatic carbocycles. The lowest BCUT2D eigenvalue weighted by Crippen LogP contribution is -2.05. The predicted molar refractivity (Wildman–Crippen MR) is 53.1 cm³/mol. The van der Waals surface area contributed by atoms with E-state index in [2.05, 4.69) is 36.6 Å². The summed E-state index contributed by atoms with van der Waals surface area (Å²) in [6, 6.07) is 0.774. The van der Waals surface area contributed by atoms with Crippen LogP contribution in [0.15, 0.2) is 15.0 Å². The zero-order chi connectivity index (χ0) is 10.9. The minimum Gasteiger partial charge on any atom is -0.465 e. The molecule has 0 aromatic heterocycles. The van der Waals surface area contributed by atoms with Crippen molar-refractivity contribution in [2.45, 2.75) is 0 Å². The number of esters is 1. The number of benzene rings is 1. The summed E-state index contributed by atoms with van der Waals surface area (Å²) < 4.78 is 30.2. The number of halogens is 4. The molecule has 0 saturated carbocycles. The van der Waals surface area contributed by atoms with Crippen molar-refractivity contribution < 1.29 is 18.3 Å². The highest BCUT2D eigenvalue weighted by molar-refractivity contribution is 9.13. The van der Waals surface area contributed by atoms with E-state index >= 15 is 0 Å². The molecule has 1 aromatic carbocycles. The third-order valence-corrected chi connectivity index (χ3v) is 3.61. The van der Waals surface area contributed by atoms with Crippen LogP contribution in [-0.2, 0) is 4.74 Å². The van der Waals surface area contributed by atoms with Gasteiger partial charge in [0.15, 0.2) is 11.6 Å². The molecule has 76 valence electrons. The first kappa shape index (κ1) is 11.6. The van der Waals surface area contributed by atoms with Gasteiger partial charge in [-0.25, -0.2) is 13.6 Å². The van der Waals surface area contributed by atoms with Gasteiger partial charge in [0.1, 0.15) is 0 Å². The second kappa shape index (κ2) is 4.35. The van der Waals surface area contributed by atoms with Gasteiger partial charge >= 0.3 is 5.97 Å². The third kappa shape index (κ3) is 1.95. The number of hydrogen-bond donors (Lipinski definition) is 0. The molecule has 14 heavy (non-hydrogen) atoms. The van der Waals surface area contributed by atoms with Gasteiger partial charge in [0.2, 0.25) is 0 Å². The summed E-state index contributed by atoms with van der Waals surface area (Å²) in [6.07, 6.45) is 0. The summed E-state index contributed by atoms with van der Waals surface area (Å²) in [7, 11) is 1.16. The van der Waals surface area contributed by atoms with E-state index in [0.717, 1.165) is 13.2 Å². The zero-order valence-corrected chi connectivity index (χ0v) is 10.1. The second-order valence-electron chi connectivity index (χ2n) is 2.34. The first-order chi connectivity index (χ1) is 6.49. The smallest absolute Gasteiger partial charge is 0.339 e. The fourth-order valence-corrected chi connectivity index (χ4v) is 1.68. The first-order valence-electron chi connectivity index (χ1n) is 3.40.